The van der Waals surface area contributed by atoms with E-state index in [1.807, 2.05) is 0 Å². The van der Waals surface area contributed by atoms with Gasteiger partial charge in [0.05, 0.1) is 23.4 Å². The van der Waals surface area contributed by atoms with E-state index in [0.29, 0.717) is 10.9 Å². The number of benzene rings is 1. The van der Waals surface area contributed by atoms with Gasteiger partial charge in [0, 0.05) is 6.07 Å². The van der Waals surface area contributed by atoms with Crippen LogP contribution in [0.5, 0.6) is 0 Å². The van der Waals surface area contributed by atoms with E-state index < -0.39 is 34.8 Å². The van der Waals surface area contributed by atoms with Crippen molar-refractivity contribution in [2.24, 2.45) is 0 Å². The minimum atomic E-state index is -4.77. The van der Waals surface area contributed by atoms with Crippen LogP contribution in [0.2, 0.25) is 5.02 Å². The lowest BCUT2D eigenvalue weighted by Gasteiger charge is -2.10. The number of rotatable bonds is 4. The highest BCUT2D eigenvalue weighted by atomic mass is 35.5. The number of esters is 1. The Morgan fingerprint density at radius 3 is 2.56 bits per heavy atom. The lowest BCUT2D eigenvalue weighted by molar-refractivity contribution is -0.138. The fourth-order valence-corrected chi connectivity index (χ4v) is 2.34. The monoisotopic (exact) mass is 424 g/mol. The van der Waals surface area contributed by atoms with Crippen LogP contribution >= 0.6 is 23.2 Å². The molecule has 0 saturated carbocycles. The van der Waals surface area contributed by atoms with Crippen molar-refractivity contribution < 1.29 is 27.1 Å². The highest BCUT2D eigenvalue weighted by Gasteiger charge is 2.32. The Bertz CT molecular complexity index is 971. The van der Waals surface area contributed by atoms with E-state index in [4.69, 9.17) is 23.2 Å². The van der Waals surface area contributed by atoms with E-state index in [1.54, 1.807) is 6.92 Å². The van der Waals surface area contributed by atoms with Gasteiger partial charge in [0.15, 0.2) is 5.82 Å². The van der Waals surface area contributed by atoms with Crippen molar-refractivity contribution in [2.45, 2.75) is 13.1 Å². The van der Waals surface area contributed by atoms with Gasteiger partial charge in [0.25, 0.3) is 5.56 Å². The van der Waals surface area contributed by atoms with E-state index in [9.17, 15) is 27.2 Å². The summed E-state index contributed by atoms with van der Waals surface area (Å²) in [6.07, 6.45) is -3.32. The quantitative estimate of drug-likeness (QED) is 0.419. The zero-order valence-electron chi connectivity index (χ0n) is 13.5. The summed E-state index contributed by atoms with van der Waals surface area (Å²) in [4.78, 5) is 23.5. The molecule has 0 aliphatic carbocycles. The van der Waals surface area contributed by atoms with Crippen LogP contribution in [0.3, 0.4) is 0 Å². The molecular weight excluding hydrogens is 415 g/mol. The van der Waals surface area contributed by atoms with Crippen molar-refractivity contribution >= 4 is 35.2 Å². The summed E-state index contributed by atoms with van der Waals surface area (Å²) < 4.78 is 57.2. The Balaban J connectivity index is 2.55. The number of aromatic nitrogens is 2. The second-order valence-corrected chi connectivity index (χ2v) is 5.84. The van der Waals surface area contributed by atoms with Crippen LogP contribution in [0.15, 0.2) is 34.2 Å². The number of ether oxygens (including phenoxy) is 1. The molecule has 5 nitrogen and oxygen atoms in total. The lowest BCUT2D eigenvalue weighted by atomic mass is 10.1. The molecule has 0 radical (unpaired) electrons. The van der Waals surface area contributed by atoms with Crippen LogP contribution in [0.4, 0.5) is 17.6 Å². The topological polar surface area (TPSA) is 61.2 Å². The Labute approximate surface area is 159 Å². The summed E-state index contributed by atoms with van der Waals surface area (Å²) in [7, 11) is 0. The van der Waals surface area contributed by atoms with E-state index in [2.05, 4.69) is 9.84 Å². The van der Waals surface area contributed by atoms with Crippen molar-refractivity contribution in [1.82, 2.24) is 9.78 Å². The van der Waals surface area contributed by atoms with Gasteiger partial charge in [-0.05, 0) is 30.7 Å². The van der Waals surface area contributed by atoms with Gasteiger partial charge in [-0.2, -0.15) is 23.0 Å². The summed E-state index contributed by atoms with van der Waals surface area (Å²) in [5.74, 6) is -1.87. The number of halogens is 6. The van der Waals surface area contributed by atoms with Gasteiger partial charge in [-0.3, -0.25) is 4.79 Å². The Hall–Kier alpha value is -2.39. The number of carbonyl (C=O) groups is 1. The molecule has 0 fully saturated rings. The molecule has 11 heteroatoms. The molecule has 0 atom stereocenters. The van der Waals surface area contributed by atoms with Crippen molar-refractivity contribution in [2.75, 3.05) is 6.61 Å². The fourth-order valence-electron chi connectivity index (χ4n) is 1.97. The molecule has 0 aliphatic heterocycles. The zero-order valence-corrected chi connectivity index (χ0v) is 15.0. The summed E-state index contributed by atoms with van der Waals surface area (Å²) in [6, 6.07) is 2.10. The first kappa shape index (κ1) is 20.9. The second kappa shape index (κ2) is 8.10. The van der Waals surface area contributed by atoms with Crippen LogP contribution in [-0.4, -0.2) is 22.4 Å². The largest absolute Gasteiger partial charge is 0.462 e. The molecule has 1 aromatic carbocycles. The van der Waals surface area contributed by atoms with E-state index in [1.165, 1.54) is 0 Å². The van der Waals surface area contributed by atoms with Crippen LogP contribution in [0.25, 0.3) is 11.8 Å². The highest BCUT2D eigenvalue weighted by Crippen LogP contribution is 2.28. The molecule has 0 unspecified atom stereocenters. The van der Waals surface area contributed by atoms with Gasteiger partial charge in [-0.1, -0.05) is 23.2 Å². The average Bonchev–Trinajstić information content (AvgIpc) is 2.57. The minimum Gasteiger partial charge on any atom is -0.462 e. The second-order valence-electron chi connectivity index (χ2n) is 5.03. The maximum absolute atomic E-state index is 14.2. The third-order valence-electron chi connectivity index (χ3n) is 3.17. The van der Waals surface area contributed by atoms with Gasteiger partial charge >= 0.3 is 12.1 Å². The van der Waals surface area contributed by atoms with Crippen LogP contribution < -0.4 is 5.56 Å². The first-order valence-corrected chi connectivity index (χ1v) is 8.00. The summed E-state index contributed by atoms with van der Waals surface area (Å²) in [5.41, 5.74) is -2.93. The van der Waals surface area contributed by atoms with Crippen molar-refractivity contribution in [3.8, 4) is 5.69 Å². The van der Waals surface area contributed by atoms with Crippen LogP contribution in [0.1, 0.15) is 18.1 Å². The van der Waals surface area contributed by atoms with Crippen molar-refractivity contribution in [3.05, 3.63) is 61.7 Å². The van der Waals surface area contributed by atoms with Crippen LogP contribution in [0, 0.1) is 5.82 Å². The first-order chi connectivity index (χ1) is 12.5. The SMILES string of the molecule is CCOC(=O)C(Cl)=Cc1cc(-n2ncc(C(F)(F)F)cc2=O)c(F)cc1Cl. The predicted octanol–water partition coefficient (Wildman–Crippen LogP) is 4.19. The molecule has 1 heterocycles. The maximum atomic E-state index is 14.2. The smallest absolute Gasteiger partial charge is 0.418 e. The zero-order chi connectivity index (χ0) is 20.4. The first-order valence-electron chi connectivity index (χ1n) is 7.25. The average molecular weight is 425 g/mol. The molecule has 2 rings (SSSR count). The molecule has 0 spiro atoms. The van der Waals surface area contributed by atoms with Crippen LogP contribution in [-0.2, 0) is 15.7 Å². The van der Waals surface area contributed by atoms with Gasteiger partial charge in [-0.25, -0.2) is 9.18 Å². The molecule has 0 saturated heterocycles. The molecule has 0 aliphatic rings. The normalized spacial score (nSPS) is 12.2. The molecule has 0 amide bonds. The Morgan fingerprint density at radius 1 is 1.33 bits per heavy atom. The minimum absolute atomic E-state index is 0.0275. The predicted molar refractivity (Wildman–Crippen MR) is 90.3 cm³/mol. The molecule has 0 N–H and O–H groups in total. The van der Waals surface area contributed by atoms with E-state index in [-0.39, 0.29) is 28.3 Å². The van der Waals surface area contributed by atoms with E-state index in [0.717, 1.165) is 18.2 Å². The molecule has 27 heavy (non-hydrogen) atoms. The van der Waals surface area contributed by atoms with Gasteiger partial charge < -0.3 is 4.74 Å². The Kier molecular flexibility index (Phi) is 6.27. The number of alkyl halides is 3. The van der Waals surface area contributed by atoms with Crippen molar-refractivity contribution in [3.63, 3.8) is 0 Å². The van der Waals surface area contributed by atoms with E-state index >= 15 is 0 Å². The molecule has 0 bridgehead atoms. The van der Waals surface area contributed by atoms with Gasteiger partial charge in [0.2, 0.25) is 0 Å². The lowest BCUT2D eigenvalue weighted by Crippen LogP contribution is -2.24. The standard InChI is InChI=1S/C16H10Cl2F4N2O3/c1-2-27-15(26)11(18)3-8-4-13(12(19)6-10(8)17)24-14(25)5-9(7-23-24)16(20,21)22/h3-7H,2H2,1H3. The summed E-state index contributed by atoms with van der Waals surface area (Å²) in [5, 5.41) is 2.82. The number of nitrogens with zero attached hydrogens (tertiary/aromatic N) is 2. The summed E-state index contributed by atoms with van der Waals surface area (Å²) >= 11 is 11.7. The number of carbonyl (C=O) groups excluding carboxylic acids is 1. The third kappa shape index (κ3) is 4.86. The number of hydrogen-bond acceptors (Lipinski definition) is 4. The van der Waals surface area contributed by atoms with Gasteiger partial charge in [-0.15, -0.1) is 0 Å². The molecule has 144 valence electrons. The van der Waals surface area contributed by atoms with Crippen molar-refractivity contribution in [1.29, 1.82) is 0 Å². The molecule has 1 aromatic heterocycles. The maximum Gasteiger partial charge on any atom is 0.418 e. The molecule has 2 aromatic rings. The highest BCUT2D eigenvalue weighted by molar-refractivity contribution is 6.43. The molecular formula is C16H10Cl2F4N2O3. The summed E-state index contributed by atoms with van der Waals surface area (Å²) in [6.45, 7) is 1.63. The number of hydrogen-bond donors (Lipinski definition) is 0. The third-order valence-corrected chi connectivity index (χ3v) is 3.77. The van der Waals surface area contributed by atoms with Gasteiger partial charge in [0.1, 0.15) is 10.7 Å². The Morgan fingerprint density at radius 2 is 2.00 bits per heavy atom. The fraction of sp³-hybridized carbons (Fsp3) is 0.188.